The molecular formula is C20H32IN5. The van der Waals surface area contributed by atoms with Crippen LogP contribution >= 0.6 is 24.0 Å². The molecule has 1 atom stereocenters. The highest BCUT2D eigenvalue weighted by molar-refractivity contribution is 14.0. The van der Waals surface area contributed by atoms with Gasteiger partial charge in [-0.3, -0.25) is 4.68 Å². The molecule has 2 aromatic rings. The van der Waals surface area contributed by atoms with Gasteiger partial charge in [-0.15, -0.1) is 24.0 Å². The van der Waals surface area contributed by atoms with Crippen LogP contribution in [0.1, 0.15) is 56.3 Å². The molecule has 26 heavy (non-hydrogen) atoms. The van der Waals surface area contributed by atoms with Crippen LogP contribution in [0.15, 0.2) is 35.3 Å². The van der Waals surface area contributed by atoms with Crippen LogP contribution in [0.3, 0.4) is 0 Å². The average molecular weight is 469 g/mol. The fraction of sp³-hybridized carbons (Fsp3) is 0.500. The van der Waals surface area contributed by atoms with Crippen LogP contribution in [-0.4, -0.2) is 22.3 Å². The van der Waals surface area contributed by atoms with E-state index in [1.54, 1.807) is 0 Å². The molecule has 0 aliphatic heterocycles. The molecule has 0 fully saturated rings. The van der Waals surface area contributed by atoms with Crippen molar-refractivity contribution >= 4 is 29.9 Å². The maximum atomic E-state index is 4.82. The van der Waals surface area contributed by atoms with E-state index in [1.807, 2.05) is 17.8 Å². The summed E-state index contributed by atoms with van der Waals surface area (Å²) in [5.41, 5.74) is 4.93. The third-order valence-corrected chi connectivity index (χ3v) is 4.42. The zero-order valence-electron chi connectivity index (χ0n) is 16.5. The summed E-state index contributed by atoms with van der Waals surface area (Å²) in [6.07, 6.45) is 1.90. The molecule has 0 saturated heterocycles. The number of rotatable bonds is 7. The second-order valence-electron chi connectivity index (χ2n) is 6.17. The quantitative estimate of drug-likeness (QED) is 0.367. The summed E-state index contributed by atoms with van der Waals surface area (Å²) >= 11 is 0. The number of aromatic nitrogens is 2. The third kappa shape index (κ3) is 5.72. The predicted octanol–water partition coefficient (Wildman–Crippen LogP) is 3.98. The first-order chi connectivity index (χ1) is 12.1. The Labute approximate surface area is 174 Å². The Morgan fingerprint density at radius 1 is 1.15 bits per heavy atom. The van der Waals surface area contributed by atoms with Crippen LogP contribution < -0.4 is 10.6 Å². The number of aryl methyl sites for hydroxylation is 2. The van der Waals surface area contributed by atoms with Crippen LogP contribution in [0, 0.1) is 0 Å². The predicted molar refractivity (Wildman–Crippen MR) is 120 cm³/mol. The number of aliphatic imine (C=N–C) groups is 1. The van der Waals surface area contributed by atoms with Gasteiger partial charge < -0.3 is 10.6 Å². The highest BCUT2D eigenvalue weighted by Gasteiger charge is 2.14. The van der Waals surface area contributed by atoms with Crippen LogP contribution in [0.2, 0.25) is 0 Å². The molecule has 1 aromatic carbocycles. The molecule has 144 valence electrons. The monoisotopic (exact) mass is 469 g/mol. The van der Waals surface area contributed by atoms with E-state index < -0.39 is 0 Å². The molecule has 0 aliphatic carbocycles. The second-order valence-corrected chi connectivity index (χ2v) is 6.17. The van der Waals surface area contributed by atoms with Gasteiger partial charge in [-0.05, 0) is 32.3 Å². The number of hydrogen-bond acceptors (Lipinski definition) is 2. The first kappa shape index (κ1) is 22.5. The molecule has 0 radical (unpaired) electrons. The smallest absolute Gasteiger partial charge is 0.192 e. The van der Waals surface area contributed by atoms with Crippen LogP contribution in [0.5, 0.6) is 0 Å². The summed E-state index contributed by atoms with van der Waals surface area (Å²) in [4.78, 5) is 4.82. The topological polar surface area (TPSA) is 54.2 Å². The Hall–Kier alpha value is -1.57. The fourth-order valence-corrected chi connectivity index (χ4v) is 3.08. The molecular weight excluding hydrogens is 437 g/mol. The maximum Gasteiger partial charge on any atom is 0.192 e. The van der Waals surface area contributed by atoms with Crippen LogP contribution in [0.4, 0.5) is 0 Å². The molecule has 5 nitrogen and oxygen atoms in total. The summed E-state index contributed by atoms with van der Waals surface area (Å²) < 4.78 is 2.00. The van der Waals surface area contributed by atoms with Crippen LogP contribution in [0.25, 0.3) is 0 Å². The SMILES string of the molecule is CCNC(=NCc1c(CC)nn(C)c1CC)NC(C)c1ccccc1.I. The van der Waals surface area contributed by atoms with Gasteiger partial charge in [0, 0.05) is 24.8 Å². The van der Waals surface area contributed by atoms with Crippen molar-refractivity contribution < 1.29 is 0 Å². The Bertz CT molecular complexity index is 694. The van der Waals surface area contributed by atoms with E-state index in [4.69, 9.17) is 4.99 Å². The van der Waals surface area contributed by atoms with Gasteiger partial charge in [0.25, 0.3) is 0 Å². The average Bonchev–Trinajstić information content (AvgIpc) is 2.95. The van der Waals surface area contributed by atoms with Gasteiger partial charge in [-0.2, -0.15) is 5.10 Å². The molecule has 0 amide bonds. The van der Waals surface area contributed by atoms with Gasteiger partial charge in [0.05, 0.1) is 18.3 Å². The Kier molecular flexibility index (Phi) is 9.69. The lowest BCUT2D eigenvalue weighted by Crippen LogP contribution is -2.38. The van der Waals surface area contributed by atoms with Crippen molar-refractivity contribution in [2.75, 3.05) is 6.54 Å². The summed E-state index contributed by atoms with van der Waals surface area (Å²) in [7, 11) is 2.02. The van der Waals surface area contributed by atoms with Crippen molar-refractivity contribution in [3.8, 4) is 0 Å². The number of nitrogens with one attached hydrogen (secondary N) is 2. The van der Waals surface area contributed by atoms with E-state index in [0.717, 1.165) is 31.0 Å². The molecule has 0 saturated carbocycles. The van der Waals surface area contributed by atoms with Crippen molar-refractivity contribution in [1.29, 1.82) is 0 Å². The normalized spacial score (nSPS) is 12.4. The minimum atomic E-state index is 0. The van der Waals surface area contributed by atoms with E-state index >= 15 is 0 Å². The van der Waals surface area contributed by atoms with Gasteiger partial charge >= 0.3 is 0 Å². The Morgan fingerprint density at radius 2 is 1.85 bits per heavy atom. The first-order valence-electron chi connectivity index (χ1n) is 9.24. The van der Waals surface area contributed by atoms with E-state index in [0.29, 0.717) is 6.54 Å². The van der Waals surface area contributed by atoms with Gasteiger partial charge in [0.1, 0.15) is 0 Å². The van der Waals surface area contributed by atoms with Crippen molar-refractivity contribution in [3.05, 3.63) is 52.8 Å². The van der Waals surface area contributed by atoms with Crippen molar-refractivity contribution in [2.45, 2.75) is 53.1 Å². The molecule has 6 heteroatoms. The summed E-state index contributed by atoms with van der Waals surface area (Å²) in [5, 5.41) is 11.5. The second kappa shape index (κ2) is 11.2. The number of hydrogen-bond donors (Lipinski definition) is 2. The van der Waals surface area contributed by atoms with Crippen molar-refractivity contribution in [3.63, 3.8) is 0 Å². The lowest BCUT2D eigenvalue weighted by Gasteiger charge is -2.18. The lowest BCUT2D eigenvalue weighted by atomic mass is 10.1. The zero-order chi connectivity index (χ0) is 18.2. The molecule has 0 aliphatic rings. The van der Waals surface area contributed by atoms with Crippen molar-refractivity contribution in [2.24, 2.45) is 12.0 Å². The summed E-state index contributed by atoms with van der Waals surface area (Å²) in [6, 6.07) is 10.6. The molecule has 0 bridgehead atoms. The Morgan fingerprint density at radius 3 is 2.42 bits per heavy atom. The zero-order valence-corrected chi connectivity index (χ0v) is 18.9. The number of nitrogens with zero attached hydrogens (tertiary/aromatic N) is 3. The first-order valence-corrected chi connectivity index (χ1v) is 9.24. The molecule has 1 aromatic heterocycles. The van der Waals surface area contributed by atoms with Gasteiger partial charge in [-0.25, -0.2) is 4.99 Å². The van der Waals surface area contributed by atoms with Gasteiger partial charge in [-0.1, -0.05) is 44.2 Å². The number of halogens is 1. The van der Waals surface area contributed by atoms with Gasteiger partial charge in [0.15, 0.2) is 5.96 Å². The molecule has 1 heterocycles. The van der Waals surface area contributed by atoms with E-state index in [2.05, 4.69) is 67.7 Å². The van der Waals surface area contributed by atoms with E-state index in [1.165, 1.54) is 16.8 Å². The molecule has 2 N–H and O–H groups in total. The van der Waals surface area contributed by atoms with Crippen LogP contribution in [-0.2, 0) is 26.4 Å². The van der Waals surface area contributed by atoms with Crippen molar-refractivity contribution in [1.82, 2.24) is 20.4 Å². The van der Waals surface area contributed by atoms with E-state index in [9.17, 15) is 0 Å². The molecule has 0 spiro atoms. The highest BCUT2D eigenvalue weighted by Crippen LogP contribution is 2.17. The fourth-order valence-electron chi connectivity index (χ4n) is 3.08. The van der Waals surface area contributed by atoms with Gasteiger partial charge in [0.2, 0.25) is 0 Å². The number of guanidine groups is 1. The number of benzene rings is 1. The standard InChI is InChI=1S/C20H31N5.HI/c1-6-18-17(19(7-2)25(5)24-18)14-22-20(21-8-3)23-15(4)16-12-10-9-11-13-16;/h9-13,15H,6-8,14H2,1-5H3,(H2,21,22,23);1H. The van der Waals surface area contributed by atoms with E-state index in [-0.39, 0.29) is 30.0 Å². The minimum Gasteiger partial charge on any atom is -0.357 e. The minimum absolute atomic E-state index is 0. The lowest BCUT2D eigenvalue weighted by molar-refractivity contribution is 0.685. The maximum absolute atomic E-state index is 4.82. The highest BCUT2D eigenvalue weighted by atomic mass is 127. The summed E-state index contributed by atoms with van der Waals surface area (Å²) in [6.45, 7) is 10.0. The molecule has 1 unspecified atom stereocenters. The third-order valence-electron chi connectivity index (χ3n) is 4.42. The molecule has 2 rings (SSSR count). The Balaban J connectivity index is 0.00000338. The summed E-state index contributed by atoms with van der Waals surface area (Å²) in [5.74, 6) is 0.840. The largest absolute Gasteiger partial charge is 0.357 e.